The molecule has 2 aromatic heterocycles. The van der Waals surface area contributed by atoms with E-state index in [1.54, 1.807) is 0 Å². The topological polar surface area (TPSA) is 107 Å². The summed E-state index contributed by atoms with van der Waals surface area (Å²) in [7, 11) is 0. The molecule has 8 heteroatoms. The Morgan fingerprint density at radius 3 is 2.62 bits per heavy atom. The largest absolute Gasteiger partial charge is 0.476 e. The van der Waals surface area contributed by atoms with Gasteiger partial charge >= 0.3 is 5.97 Å². The first kappa shape index (κ1) is 15.1. The molecule has 2 heterocycles. The van der Waals surface area contributed by atoms with E-state index >= 15 is 0 Å². The number of hydrogen-bond donors (Lipinski definition) is 1. The molecule has 0 amide bonds. The molecule has 8 nitrogen and oxygen atoms in total. The van der Waals surface area contributed by atoms with Crippen molar-refractivity contribution in [3.63, 3.8) is 0 Å². The van der Waals surface area contributed by atoms with Crippen LogP contribution in [0.4, 0.5) is 0 Å². The van der Waals surface area contributed by atoms with E-state index in [0.717, 1.165) is 6.42 Å². The van der Waals surface area contributed by atoms with Gasteiger partial charge in [-0.2, -0.15) is 4.98 Å². The van der Waals surface area contributed by atoms with Crippen LogP contribution in [0.5, 0.6) is 0 Å². The maximum atomic E-state index is 11.1. The third-order valence-corrected chi connectivity index (χ3v) is 2.93. The van der Waals surface area contributed by atoms with Crippen LogP contribution in [0.2, 0.25) is 0 Å². The Hall–Kier alpha value is -2.25. The molecule has 0 spiro atoms. The van der Waals surface area contributed by atoms with Gasteiger partial charge < -0.3 is 9.63 Å². The molecular weight excluding hydrogens is 274 g/mol. The second kappa shape index (κ2) is 5.63. The third kappa shape index (κ3) is 3.26. The van der Waals surface area contributed by atoms with Crippen LogP contribution in [0.25, 0.3) is 0 Å². The van der Waals surface area contributed by atoms with E-state index in [2.05, 4.69) is 20.5 Å². The fourth-order valence-electron chi connectivity index (χ4n) is 1.87. The zero-order valence-electron chi connectivity index (χ0n) is 12.6. The molecule has 114 valence electrons. The van der Waals surface area contributed by atoms with Gasteiger partial charge in [-0.05, 0) is 6.42 Å². The molecule has 0 saturated carbocycles. The molecule has 0 aromatic carbocycles. The normalized spacial score (nSPS) is 11.8. The third-order valence-electron chi connectivity index (χ3n) is 2.93. The molecule has 0 radical (unpaired) electrons. The van der Waals surface area contributed by atoms with Gasteiger partial charge in [-0.25, -0.2) is 9.48 Å². The molecule has 0 aliphatic heterocycles. The van der Waals surface area contributed by atoms with Gasteiger partial charge in [0.2, 0.25) is 5.89 Å². The number of carbonyl (C=O) groups is 1. The Bertz CT molecular complexity index is 639. The molecule has 0 aliphatic rings. The Kier molecular flexibility index (Phi) is 4.06. The lowest BCUT2D eigenvalue weighted by molar-refractivity contribution is 0.0689. The summed E-state index contributed by atoms with van der Waals surface area (Å²) < 4.78 is 6.73. The van der Waals surface area contributed by atoms with Crippen LogP contribution >= 0.6 is 0 Å². The molecule has 21 heavy (non-hydrogen) atoms. The van der Waals surface area contributed by atoms with Crippen molar-refractivity contribution in [2.75, 3.05) is 0 Å². The summed E-state index contributed by atoms with van der Waals surface area (Å²) in [6.45, 7) is 8.14. The molecule has 1 N–H and O–H groups in total. The van der Waals surface area contributed by atoms with Crippen molar-refractivity contribution < 1.29 is 14.4 Å². The average Bonchev–Trinajstić information content (AvgIpc) is 2.98. The quantitative estimate of drug-likeness (QED) is 0.893. The van der Waals surface area contributed by atoms with Crippen LogP contribution in [0.15, 0.2) is 4.52 Å². The van der Waals surface area contributed by atoms with Gasteiger partial charge in [0, 0.05) is 5.41 Å². The van der Waals surface area contributed by atoms with Gasteiger partial charge in [-0.1, -0.05) is 44.5 Å². The standard InChI is InChI=1S/C13H19N5O3/c1-5-6-8-10(11(19)20)15-17-18(8)7-9-14-12(21-16-9)13(2,3)4/h5-7H2,1-4H3,(H,19,20). The molecule has 0 bridgehead atoms. The molecule has 0 atom stereocenters. The van der Waals surface area contributed by atoms with E-state index in [1.165, 1.54) is 4.68 Å². The van der Waals surface area contributed by atoms with Crippen molar-refractivity contribution in [3.8, 4) is 0 Å². The van der Waals surface area contributed by atoms with E-state index in [0.29, 0.717) is 23.8 Å². The summed E-state index contributed by atoms with van der Waals surface area (Å²) in [5.74, 6) is -0.0829. The van der Waals surface area contributed by atoms with Crippen molar-refractivity contribution in [2.24, 2.45) is 0 Å². The van der Waals surface area contributed by atoms with Gasteiger partial charge in [-0.15, -0.1) is 5.10 Å². The fraction of sp³-hybridized carbons (Fsp3) is 0.615. The van der Waals surface area contributed by atoms with Crippen molar-refractivity contribution in [1.29, 1.82) is 0 Å². The molecular formula is C13H19N5O3. The number of carboxylic acid groups (broad SMARTS) is 1. The van der Waals surface area contributed by atoms with E-state index in [9.17, 15) is 4.79 Å². The lowest BCUT2D eigenvalue weighted by Crippen LogP contribution is -2.13. The summed E-state index contributed by atoms with van der Waals surface area (Å²) in [4.78, 5) is 15.5. The highest BCUT2D eigenvalue weighted by Crippen LogP contribution is 2.20. The first-order chi connectivity index (χ1) is 9.82. The van der Waals surface area contributed by atoms with E-state index < -0.39 is 5.97 Å². The zero-order valence-corrected chi connectivity index (χ0v) is 12.6. The highest BCUT2D eigenvalue weighted by atomic mass is 16.5. The van der Waals surface area contributed by atoms with E-state index in [4.69, 9.17) is 9.63 Å². The predicted octanol–water partition coefficient (Wildman–Crippen LogP) is 1.66. The summed E-state index contributed by atoms with van der Waals surface area (Å²) in [5.41, 5.74) is 0.329. The number of carboxylic acids is 1. The predicted molar refractivity (Wildman–Crippen MR) is 73.1 cm³/mol. The Balaban J connectivity index is 2.27. The second-order valence-corrected chi connectivity index (χ2v) is 5.86. The maximum absolute atomic E-state index is 11.1. The van der Waals surface area contributed by atoms with Gasteiger partial charge in [0.25, 0.3) is 0 Å². The lowest BCUT2D eigenvalue weighted by Gasteiger charge is -2.10. The highest BCUT2D eigenvalue weighted by Gasteiger charge is 2.23. The van der Waals surface area contributed by atoms with Crippen LogP contribution in [0.1, 0.15) is 62.0 Å². The average molecular weight is 293 g/mol. The number of nitrogens with zero attached hydrogens (tertiary/aromatic N) is 5. The summed E-state index contributed by atoms with van der Waals surface area (Å²) in [5, 5.41) is 20.6. The van der Waals surface area contributed by atoms with E-state index in [1.807, 2.05) is 27.7 Å². The van der Waals surface area contributed by atoms with E-state index in [-0.39, 0.29) is 17.7 Å². The number of aromatic nitrogens is 5. The van der Waals surface area contributed by atoms with Crippen LogP contribution in [-0.4, -0.2) is 36.2 Å². The summed E-state index contributed by atoms with van der Waals surface area (Å²) >= 11 is 0. The van der Waals surface area contributed by atoms with Crippen LogP contribution in [0, 0.1) is 0 Å². The van der Waals surface area contributed by atoms with Gasteiger partial charge in [0.05, 0.1) is 5.69 Å². The Morgan fingerprint density at radius 2 is 2.10 bits per heavy atom. The SMILES string of the molecule is CCCc1c(C(=O)O)nnn1Cc1noc(C(C)(C)C)n1. The molecule has 0 saturated heterocycles. The van der Waals surface area contributed by atoms with Crippen molar-refractivity contribution >= 4 is 5.97 Å². The van der Waals surface area contributed by atoms with Crippen LogP contribution < -0.4 is 0 Å². The number of aromatic carboxylic acids is 1. The minimum absolute atomic E-state index is 0.0172. The monoisotopic (exact) mass is 293 g/mol. The summed E-state index contributed by atoms with van der Waals surface area (Å²) in [6, 6.07) is 0. The minimum atomic E-state index is -1.08. The molecule has 0 fully saturated rings. The van der Waals surface area contributed by atoms with Gasteiger partial charge in [0.1, 0.15) is 6.54 Å². The smallest absolute Gasteiger partial charge is 0.358 e. The highest BCUT2D eigenvalue weighted by molar-refractivity contribution is 5.86. The maximum Gasteiger partial charge on any atom is 0.358 e. The molecule has 0 aliphatic carbocycles. The second-order valence-electron chi connectivity index (χ2n) is 5.86. The fourth-order valence-corrected chi connectivity index (χ4v) is 1.87. The van der Waals surface area contributed by atoms with Crippen LogP contribution in [-0.2, 0) is 18.4 Å². The first-order valence-electron chi connectivity index (χ1n) is 6.81. The minimum Gasteiger partial charge on any atom is -0.476 e. The Labute approximate surface area is 122 Å². The number of rotatable bonds is 5. The Morgan fingerprint density at radius 1 is 1.38 bits per heavy atom. The van der Waals surface area contributed by atoms with Crippen molar-refractivity contribution in [1.82, 2.24) is 25.1 Å². The molecule has 0 unspecified atom stereocenters. The van der Waals surface area contributed by atoms with Gasteiger partial charge in [0.15, 0.2) is 11.5 Å². The van der Waals surface area contributed by atoms with Crippen molar-refractivity contribution in [3.05, 3.63) is 23.1 Å². The first-order valence-corrected chi connectivity index (χ1v) is 6.81. The van der Waals surface area contributed by atoms with Gasteiger partial charge in [-0.3, -0.25) is 0 Å². The number of hydrogen-bond acceptors (Lipinski definition) is 6. The summed E-state index contributed by atoms with van der Waals surface area (Å²) in [6.07, 6.45) is 1.38. The van der Waals surface area contributed by atoms with Crippen molar-refractivity contribution in [2.45, 2.75) is 52.5 Å². The van der Waals surface area contributed by atoms with Crippen LogP contribution in [0.3, 0.4) is 0 Å². The molecule has 2 aromatic rings. The zero-order chi connectivity index (χ0) is 15.6. The molecule has 2 rings (SSSR count). The lowest BCUT2D eigenvalue weighted by atomic mass is 9.97.